The van der Waals surface area contributed by atoms with Crippen molar-refractivity contribution in [3.8, 4) is 0 Å². The number of aryl methyl sites for hydroxylation is 2. The van der Waals surface area contributed by atoms with Gasteiger partial charge in [-0.25, -0.2) is 0 Å². The molecule has 0 spiro atoms. The Labute approximate surface area is 133 Å². The number of aliphatic imine (C=N–C) groups is 1. The molecule has 0 atom stereocenters. The first-order valence-corrected chi connectivity index (χ1v) is 8.49. The summed E-state index contributed by atoms with van der Waals surface area (Å²) < 4.78 is 5.11. The highest BCUT2D eigenvalue weighted by Gasteiger charge is 2.34. The summed E-state index contributed by atoms with van der Waals surface area (Å²) in [4.78, 5) is 8.98. The fourth-order valence-corrected chi connectivity index (χ4v) is 2.78. The predicted molar refractivity (Wildman–Crippen MR) is 87.9 cm³/mol. The smallest absolute Gasteiger partial charge is 0.226 e. The van der Waals surface area contributed by atoms with E-state index < -0.39 is 0 Å². The van der Waals surface area contributed by atoms with Crippen LogP contribution in [-0.4, -0.2) is 35.7 Å². The molecule has 1 aromatic heterocycles. The second-order valence-electron chi connectivity index (χ2n) is 6.17. The summed E-state index contributed by atoms with van der Waals surface area (Å²) in [6.45, 7) is 8.88. The van der Waals surface area contributed by atoms with Gasteiger partial charge in [0.25, 0.3) is 0 Å². The van der Waals surface area contributed by atoms with Crippen molar-refractivity contribution >= 4 is 5.96 Å². The van der Waals surface area contributed by atoms with Crippen molar-refractivity contribution in [2.75, 3.05) is 19.6 Å². The molecule has 1 aromatic rings. The summed E-state index contributed by atoms with van der Waals surface area (Å²) in [5, 5.41) is 10.5. The van der Waals surface area contributed by atoms with Gasteiger partial charge in [0, 0.05) is 26.1 Å². The lowest BCUT2D eigenvalue weighted by Crippen LogP contribution is -2.40. The van der Waals surface area contributed by atoms with E-state index in [1.807, 2.05) is 6.92 Å². The number of rotatable bonds is 8. The third-order valence-corrected chi connectivity index (χ3v) is 4.51. The molecular formula is C16H29N5O. The van der Waals surface area contributed by atoms with Gasteiger partial charge in [0.1, 0.15) is 0 Å². The van der Waals surface area contributed by atoms with Gasteiger partial charge < -0.3 is 15.2 Å². The van der Waals surface area contributed by atoms with Crippen LogP contribution < -0.4 is 10.6 Å². The van der Waals surface area contributed by atoms with Crippen LogP contribution in [0.1, 0.15) is 57.7 Å². The average molecular weight is 307 g/mol. The van der Waals surface area contributed by atoms with E-state index in [9.17, 15) is 0 Å². The highest BCUT2D eigenvalue weighted by molar-refractivity contribution is 5.79. The number of aromatic nitrogens is 2. The third kappa shape index (κ3) is 4.71. The van der Waals surface area contributed by atoms with Crippen molar-refractivity contribution in [1.82, 2.24) is 20.8 Å². The number of hydrogen-bond donors (Lipinski definition) is 2. The maximum atomic E-state index is 5.11. The van der Waals surface area contributed by atoms with Gasteiger partial charge in [-0.1, -0.05) is 18.5 Å². The fourth-order valence-electron chi connectivity index (χ4n) is 2.78. The van der Waals surface area contributed by atoms with Crippen LogP contribution >= 0.6 is 0 Å². The molecule has 1 saturated carbocycles. The van der Waals surface area contributed by atoms with Gasteiger partial charge in [0.05, 0.1) is 0 Å². The Morgan fingerprint density at radius 1 is 1.32 bits per heavy atom. The number of nitrogens with zero attached hydrogens (tertiary/aromatic N) is 3. The van der Waals surface area contributed by atoms with Gasteiger partial charge in [-0.15, -0.1) is 0 Å². The molecule has 0 unspecified atom stereocenters. The van der Waals surface area contributed by atoms with Crippen molar-refractivity contribution in [2.45, 2.75) is 59.3 Å². The SMILES string of the molecule is CCNC(=NCC1(CC)CCC1)NCCCc1nc(C)no1. The first-order chi connectivity index (χ1) is 10.7. The van der Waals surface area contributed by atoms with E-state index in [1.165, 1.54) is 25.7 Å². The van der Waals surface area contributed by atoms with Crippen molar-refractivity contribution in [3.63, 3.8) is 0 Å². The van der Waals surface area contributed by atoms with Crippen LogP contribution in [0, 0.1) is 12.3 Å². The summed E-state index contributed by atoms with van der Waals surface area (Å²) in [5.41, 5.74) is 0.462. The van der Waals surface area contributed by atoms with Crippen molar-refractivity contribution in [2.24, 2.45) is 10.4 Å². The van der Waals surface area contributed by atoms with Gasteiger partial charge in [0.2, 0.25) is 5.89 Å². The predicted octanol–water partition coefficient (Wildman–Crippen LogP) is 2.45. The van der Waals surface area contributed by atoms with Gasteiger partial charge in [-0.05, 0) is 44.9 Å². The molecule has 0 bridgehead atoms. The average Bonchev–Trinajstić information content (AvgIpc) is 2.88. The van der Waals surface area contributed by atoms with E-state index in [0.717, 1.165) is 38.4 Å². The molecule has 124 valence electrons. The Morgan fingerprint density at radius 2 is 2.14 bits per heavy atom. The Morgan fingerprint density at radius 3 is 2.68 bits per heavy atom. The van der Waals surface area contributed by atoms with E-state index in [2.05, 4.69) is 34.6 Å². The van der Waals surface area contributed by atoms with Crippen LogP contribution in [0.3, 0.4) is 0 Å². The maximum Gasteiger partial charge on any atom is 0.226 e. The summed E-state index contributed by atoms with van der Waals surface area (Å²) in [6, 6.07) is 0. The highest BCUT2D eigenvalue weighted by atomic mass is 16.5. The van der Waals surface area contributed by atoms with Crippen molar-refractivity contribution < 1.29 is 4.52 Å². The lowest BCUT2D eigenvalue weighted by molar-refractivity contribution is 0.139. The first kappa shape index (κ1) is 16.8. The monoisotopic (exact) mass is 307 g/mol. The molecule has 1 heterocycles. The van der Waals surface area contributed by atoms with E-state index in [0.29, 0.717) is 17.1 Å². The molecule has 2 N–H and O–H groups in total. The minimum absolute atomic E-state index is 0.462. The zero-order valence-electron chi connectivity index (χ0n) is 14.1. The summed E-state index contributed by atoms with van der Waals surface area (Å²) in [5.74, 6) is 2.33. The second-order valence-corrected chi connectivity index (χ2v) is 6.17. The third-order valence-electron chi connectivity index (χ3n) is 4.51. The van der Waals surface area contributed by atoms with E-state index in [4.69, 9.17) is 9.52 Å². The van der Waals surface area contributed by atoms with Crippen molar-refractivity contribution in [3.05, 3.63) is 11.7 Å². The molecule has 0 aliphatic heterocycles. The Bertz CT molecular complexity index is 473. The van der Waals surface area contributed by atoms with Crippen molar-refractivity contribution in [1.29, 1.82) is 0 Å². The highest BCUT2D eigenvalue weighted by Crippen LogP contribution is 2.43. The lowest BCUT2D eigenvalue weighted by Gasteiger charge is -2.40. The number of nitrogens with one attached hydrogen (secondary N) is 2. The second kappa shape index (κ2) is 8.15. The van der Waals surface area contributed by atoms with Crippen LogP contribution in [0.15, 0.2) is 9.52 Å². The Hall–Kier alpha value is -1.59. The molecule has 2 rings (SSSR count). The molecule has 6 heteroatoms. The quantitative estimate of drug-likeness (QED) is 0.438. The van der Waals surface area contributed by atoms with Gasteiger partial charge in [-0.3, -0.25) is 4.99 Å². The van der Waals surface area contributed by atoms with Gasteiger partial charge in [-0.2, -0.15) is 4.98 Å². The Kier molecular flexibility index (Phi) is 6.21. The van der Waals surface area contributed by atoms with Crippen LogP contribution in [0.5, 0.6) is 0 Å². The molecule has 1 aliphatic rings. The van der Waals surface area contributed by atoms with E-state index in [1.54, 1.807) is 0 Å². The molecule has 1 fully saturated rings. The lowest BCUT2D eigenvalue weighted by atomic mass is 9.67. The van der Waals surface area contributed by atoms with E-state index >= 15 is 0 Å². The molecule has 0 aromatic carbocycles. The van der Waals surface area contributed by atoms with Crippen LogP contribution in [0.4, 0.5) is 0 Å². The van der Waals surface area contributed by atoms with Crippen LogP contribution in [0.2, 0.25) is 0 Å². The maximum absolute atomic E-state index is 5.11. The van der Waals surface area contributed by atoms with E-state index in [-0.39, 0.29) is 0 Å². The zero-order valence-corrected chi connectivity index (χ0v) is 14.1. The molecule has 0 radical (unpaired) electrons. The molecule has 0 amide bonds. The molecule has 22 heavy (non-hydrogen) atoms. The molecule has 6 nitrogen and oxygen atoms in total. The first-order valence-electron chi connectivity index (χ1n) is 8.49. The van der Waals surface area contributed by atoms with Crippen LogP contribution in [0.25, 0.3) is 0 Å². The summed E-state index contributed by atoms with van der Waals surface area (Å²) in [7, 11) is 0. The summed E-state index contributed by atoms with van der Waals surface area (Å²) in [6.07, 6.45) is 6.98. The minimum atomic E-state index is 0.462. The molecular weight excluding hydrogens is 278 g/mol. The zero-order chi connectivity index (χ0) is 15.8. The fraction of sp³-hybridized carbons (Fsp3) is 0.812. The molecule has 0 saturated heterocycles. The molecule has 1 aliphatic carbocycles. The normalized spacial score (nSPS) is 17.1. The number of guanidine groups is 1. The van der Waals surface area contributed by atoms with Gasteiger partial charge in [0.15, 0.2) is 11.8 Å². The standard InChI is InChI=1S/C16H29N5O/c1-4-16(9-7-10-16)12-19-15(17-5-2)18-11-6-8-14-20-13(3)21-22-14/h4-12H2,1-3H3,(H2,17,18,19). The Balaban J connectivity index is 1.73. The number of hydrogen-bond acceptors (Lipinski definition) is 4. The summed E-state index contributed by atoms with van der Waals surface area (Å²) >= 11 is 0. The topological polar surface area (TPSA) is 75.3 Å². The van der Waals surface area contributed by atoms with Gasteiger partial charge >= 0.3 is 0 Å². The largest absolute Gasteiger partial charge is 0.357 e. The van der Waals surface area contributed by atoms with Crippen LogP contribution in [-0.2, 0) is 6.42 Å². The minimum Gasteiger partial charge on any atom is -0.357 e.